The van der Waals surface area contributed by atoms with Crippen molar-refractivity contribution in [1.29, 1.82) is 0 Å². The van der Waals surface area contributed by atoms with Crippen LogP contribution in [0.3, 0.4) is 0 Å². The van der Waals surface area contributed by atoms with Crippen molar-refractivity contribution in [3.05, 3.63) is 35.4 Å². The van der Waals surface area contributed by atoms with Crippen LogP contribution >= 0.6 is 0 Å². The SMILES string of the molecule is CCCCCCCCN(CCCCCCC)C(=O)c1ccc(CC)cc1. The lowest BCUT2D eigenvalue weighted by atomic mass is 10.1. The molecule has 2 heteroatoms. The van der Waals surface area contributed by atoms with Crippen molar-refractivity contribution in [2.75, 3.05) is 13.1 Å². The van der Waals surface area contributed by atoms with E-state index in [1.54, 1.807) is 0 Å². The van der Waals surface area contributed by atoms with Crippen molar-refractivity contribution >= 4 is 5.91 Å². The number of amides is 1. The number of nitrogens with zero attached hydrogens (tertiary/aromatic N) is 1. The Labute approximate surface area is 162 Å². The van der Waals surface area contributed by atoms with E-state index in [1.165, 1.54) is 63.4 Å². The summed E-state index contributed by atoms with van der Waals surface area (Å²) in [4.78, 5) is 15.1. The van der Waals surface area contributed by atoms with E-state index in [9.17, 15) is 4.79 Å². The second-order valence-electron chi connectivity index (χ2n) is 7.52. The molecule has 0 aliphatic carbocycles. The molecule has 0 atom stereocenters. The normalized spacial score (nSPS) is 10.9. The van der Waals surface area contributed by atoms with Crippen LogP contribution in [0, 0.1) is 0 Å². The summed E-state index contributed by atoms with van der Waals surface area (Å²) in [6.07, 6.45) is 14.9. The first-order valence-corrected chi connectivity index (χ1v) is 11.1. The molecule has 1 aromatic carbocycles. The van der Waals surface area contributed by atoms with Gasteiger partial charge in [0.2, 0.25) is 0 Å². The van der Waals surface area contributed by atoms with Gasteiger partial charge in [0, 0.05) is 18.7 Å². The zero-order chi connectivity index (χ0) is 19.0. The molecule has 0 heterocycles. The molecule has 1 aromatic rings. The summed E-state index contributed by atoms with van der Waals surface area (Å²) < 4.78 is 0. The Balaban J connectivity index is 2.52. The highest BCUT2D eigenvalue weighted by Gasteiger charge is 2.15. The predicted molar refractivity (Wildman–Crippen MR) is 114 cm³/mol. The van der Waals surface area contributed by atoms with Gasteiger partial charge < -0.3 is 4.90 Å². The highest BCUT2D eigenvalue weighted by atomic mass is 16.2. The van der Waals surface area contributed by atoms with Gasteiger partial charge in [0.05, 0.1) is 0 Å². The van der Waals surface area contributed by atoms with Gasteiger partial charge in [0.1, 0.15) is 0 Å². The second kappa shape index (κ2) is 14.8. The van der Waals surface area contributed by atoms with Crippen molar-refractivity contribution in [3.8, 4) is 0 Å². The van der Waals surface area contributed by atoms with Gasteiger partial charge in [-0.25, -0.2) is 0 Å². The Morgan fingerprint density at radius 3 is 1.62 bits per heavy atom. The maximum Gasteiger partial charge on any atom is 0.253 e. The summed E-state index contributed by atoms with van der Waals surface area (Å²) in [7, 11) is 0. The monoisotopic (exact) mass is 359 g/mol. The molecule has 0 aliphatic heterocycles. The Kier molecular flexibility index (Phi) is 13.0. The summed E-state index contributed by atoms with van der Waals surface area (Å²) in [5.41, 5.74) is 2.14. The minimum Gasteiger partial charge on any atom is -0.339 e. The van der Waals surface area contributed by atoms with E-state index in [4.69, 9.17) is 0 Å². The highest BCUT2D eigenvalue weighted by molar-refractivity contribution is 5.94. The summed E-state index contributed by atoms with van der Waals surface area (Å²) in [5.74, 6) is 0.219. The van der Waals surface area contributed by atoms with Crippen molar-refractivity contribution in [3.63, 3.8) is 0 Å². The van der Waals surface area contributed by atoms with E-state index in [0.29, 0.717) is 0 Å². The topological polar surface area (TPSA) is 20.3 Å². The molecule has 0 N–H and O–H groups in total. The van der Waals surface area contributed by atoms with Crippen LogP contribution in [0.5, 0.6) is 0 Å². The smallest absolute Gasteiger partial charge is 0.253 e. The van der Waals surface area contributed by atoms with Crippen LogP contribution in [0.15, 0.2) is 24.3 Å². The van der Waals surface area contributed by atoms with E-state index in [1.807, 2.05) is 12.1 Å². The Bertz CT molecular complexity index is 466. The number of hydrogen-bond acceptors (Lipinski definition) is 1. The highest BCUT2D eigenvalue weighted by Crippen LogP contribution is 2.13. The van der Waals surface area contributed by atoms with Crippen molar-refractivity contribution in [2.24, 2.45) is 0 Å². The molecule has 0 spiro atoms. The summed E-state index contributed by atoms with van der Waals surface area (Å²) in [6.45, 7) is 8.47. The first-order chi connectivity index (χ1) is 12.7. The lowest BCUT2D eigenvalue weighted by molar-refractivity contribution is 0.0749. The molecule has 0 aliphatic rings. The molecule has 26 heavy (non-hydrogen) atoms. The maximum absolute atomic E-state index is 13.0. The lowest BCUT2D eigenvalue weighted by Crippen LogP contribution is -2.33. The molecule has 0 aromatic heterocycles. The van der Waals surface area contributed by atoms with E-state index in [-0.39, 0.29) is 5.91 Å². The van der Waals surface area contributed by atoms with Gasteiger partial charge in [-0.15, -0.1) is 0 Å². The van der Waals surface area contributed by atoms with Crippen LogP contribution in [-0.4, -0.2) is 23.9 Å². The van der Waals surface area contributed by atoms with Crippen molar-refractivity contribution in [2.45, 2.75) is 97.8 Å². The van der Waals surface area contributed by atoms with Gasteiger partial charge in [-0.2, -0.15) is 0 Å². The molecule has 0 saturated heterocycles. The molecule has 1 rings (SSSR count). The number of aryl methyl sites for hydroxylation is 1. The van der Waals surface area contributed by atoms with Gasteiger partial charge in [0.15, 0.2) is 0 Å². The fourth-order valence-corrected chi connectivity index (χ4v) is 3.37. The summed E-state index contributed by atoms with van der Waals surface area (Å²) in [5, 5.41) is 0. The van der Waals surface area contributed by atoms with Gasteiger partial charge in [-0.3, -0.25) is 4.79 Å². The van der Waals surface area contributed by atoms with Crippen LogP contribution in [0.4, 0.5) is 0 Å². The van der Waals surface area contributed by atoms with Crippen LogP contribution < -0.4 is 0 Å². The van der Waals surface area contributed by atoms with E-state index < -0.39 is 0 Å². The standard InChI is InChI=1S/C24H41NO/c1-4-7-9-11-13-15-21-25(20-14-12-10-8-5-2)24(26)23-18-16-22(6-3)17-19-23/h16-19H,4-15,20-21H2,1-3H3. The summed E-state index contributed by atoms with van der Waals surface area (Å²) in [6, 6.07) is 8.20. The van der Waals surface area contributed by atoms with Gasteiger partial charge in [-0.05, 0) is 37.0 Å². The van der Waals surface area contributed by atoms with E-state index in [0.717, 1.165) is 37.9 Å². The Morgan fingerprint density at radius 2 is 1.15 bits per heavy atom. The summed E-state index contributed by atoms with van der Waals surface area (Å²) >= 11 is 0. The van der Waals surface area contributed by atoms with Crippen molar-refractivity contribution < 1.29 is 4.79 Å². The molecule has 0 radical (unpaired) electrons. The van der Waals surface area contributed by atoms with Crippen LogP contribution in [-0.2, 0) is 6.42 Å². The zero-order valence-corrected chi connectivity index (χ0v) is 17.6. The molecule has 148 valence electrons. The minimum absolute atomic E-state index is 0.219. The Hall–Kier alpha value is -1.31. The largest absolute Gasteiger partial charge is 0.339 e. The number of carbonyl (C=O) groups is 1. The van der Waals surface area contributed by atoms with Crippen molar-refractivity contribution in [1.82, 2.24) is 4.90 Å². The van der Waals surface area contributed by atoms with E-state index >= 15 is 0 Å². The molecule has 0 fully saturated rings. The third-order valence-corrected chi connectivity index (χ3v) is 5.21. The lowest BCUT2D eigenvalue weighted by Gasteiger charge is -2.23. The molecule has 0 unspecified atom stereocenters. The average Bonchev–Trinajstić information content (AvgIpc) is 2.68. The van der Waals surface area contributed by atoms with Crippen LogP contribution in [0.2, 0.25) is 0 Å². The molecule has 0 saturated carbocycles. The molecule has 2 nitrogen and oxygen atoms in total. The maximum atomic E-state index is 13.0. The quantitative estimate of drug-likeness (QED) is 0.308. The number of carbonyl (C=O) groups excluding carboxylic acids is 1. The molecule has 0 bridgehead atoms. The predicted octanol–water partition coefficient (Wildman–Crippen LogP) is 7.02. The van der Waals surface area contributed by atoms with Crippen LogP contribution in [0.1, 0.15) is 107 Å². The fraction of sp³-hybridized carbons (Fsp3) is 0.708. The van der Waals surface area contributed by atoms with Gasteiger partial charge in [-0.1, -0.05) is 90.7 Å². The first-order valence-electron chi connectivity index (χ1n) is 11.1. The fourth-order valence-electron chi connectivity index (χ4n) is 3.37. The second-order valence-corrected chi connectivity index (χ2v) is 7.52. The van der Waals surface area contributed by atoms with Gasteiger partial charge >= 0.3 is 0 Å². The zero-order valence-electron chi connectivity index (χ0n) is 17.6. The van der Waals surface area contributed by atoms with Crippen LogP contribution in [0.25, 0.3) is 0 Å². The average molecular weight is 360 g/mol. The first kappa shape index (κ1) is 22.7. The van der Waals surface area contributed by atoms with Gasteiger partial charge in [0.25, 0.3) is 5.91 Å². The molecular formula is C24H41NO. The number of hydrogen-bond donors (Lipinski definition) is 0. The number of unbranched alkanes of at least 4 members (excludes halogenated alkanes) is 9. The third kappa shape index (κ3) is 9.40. The number of benzene rings is 1. The molecule has 1 amide bonds. The number of rotatable bonds is 15. The third-order valence-electron chi connectivity index (χ3n) is 5.21. The molecular weight excluding hydrogens is 318 g/mol. The Morgan fingerprint density at radius 1 is 0.692 bits per heavy atom. The minimum atomic E-state index is 0.219. The van der Waals surface area contributed by atoms with E-state index in [2.05, 4.69) is 37.8 Å².